The monoisotopic (exact) mass is 335 g/mol. The molecule has 0 radical (unpaired) electrons. The van der Waals surface area contributed by atoms with E-state index in [2.05, 4.69) is 38.0 Å². The van der Waals surface area contributed by atoms with Crippen molar-refractivity contribution in [1.82, 2.24) is 9.97 Å². The van der Waals surface area contributed by atoms with Crippen LogP contribution in [0.25, 0.3) is 0 Å². The SMILES string of the molecule is Cc1c(N)nc(C2CC2)nc1Sc1cccc(Br)c1. The van der Waals surface area contributed by atoms with E-state index < -0.39 is 0 Å². The summed E-state index contributed by atoms with van der Waals surface area (Å²) in [6, 6.07) is 8.19. The average Bonchev–Trinajstić information content (AvgIpc) is 3.19. The largest absolute Gasteiger partial charge is 0.383 e. The molecule has 0 saturated heterocycles. The number of benzene rings is 1. The molecule has 0 bridgehead atoms. The van der Waals surface area contributed by atoms with Crippen LogP contribution in [0.3, 0.4) is 0 Å². The molecule has 1 aromatic carbocycles. The first-order chi connectivity index (χ1) is 9.13. The van der Waals surface area contributed by atoms with Gasteiger partial charge in [0.2, 0.25) is 0 Å². The van der Waals surface area contributed by atoms with Crippen LogP contribution in [0.2, 0.25) is 0 Å². The average molecular weight is 336 g/mol. The van der Waals surface area contributed by atoms with E-state index in [4.69, 9.17) is 5.73 Å². The maximum atomic E-state index is 6.00. The van der Waals surface area contributed by atoms with Gasteiger partial charge in [0.1, 0.15) is 16.7 Å². The van der Waals surface area contributed by atoms with Gasteiger partial charge in [-0.25, -0.2) is 9.97 Å². The van der Waals surface area contributed by atoms with Crippen LogP contribution in [-0.4, -0.2) is 9.97 Å². The lowest BCUT2D eigenvalue weighted by atomic mass is 10.3. The summed E-state index contributed by atoms with van der Waals surface area (Å²) in [6.45, 7) is 1.98. The molecule has 3 rings (SSSR count). The standard InChI is InChI=1S/C14H14BrN3S/c1-8-12(16)17-13(9-5-6-9)18-14(8)19-11-4-2-3-10(15)7-11/h2-4,7,9H,5-6H2,1H3,(H2,16,17,18). The van der Waals surface area contributed by atoms with Crippen molar-refractivity contribution in [2.75, 3.05) is 5.73 Å². The van der Waals surface area contributed by atoms with E-state index in [1.54, 1.807) is 11.8 Å². The molecular formula is C14H14BrN3S. The van der Waals surface area contributed by atoms with Gasteiger partial charge in [0, 0.05) is 20.8 Å². The Labute approximate surface area is 125 Å². The molecule has 0 aliphatic heterocycles. The Morgan fingerprint density at radius 3 is 2.79 bits per heavy atom. The highest BCUT2D eigenvalue weighted by Gasteiger charge is 2.28. The molecular weight excluding hydrogens is 322 g/mol. The van der Waals surface area contributed by atoms with E-state index in [0.717, 1.165) is 25.8 Å². The Balaban J connectivity index is 1.95. The third kappa shape index (κ3) is 2.92. The Kier molecular flexibility index (Phi) is 3.50. The summed E-state index contributed by atoms with van der Waals surface area (Å²) >= 11 is 5.13. The van der Waals surface area contributed by atoms with Gasteiger partial charge in [0.05, 0.1) is 0 Å². The molecule has 2 aromatic rings. The van der Waals surface area contributed by atoms with E-state index in [-0.39, 0.29) is 0 Å². The first-order valence-electron chi connectivity index (χ1n) is 6.21. The van der Waals surface area contributed by atoms with Gasteiger partial charge < -0.3 is 5.73 Å². The minimum absolute atomic E-state index is 0.518. The highest BCUT2D eigenvalue weighted by Crippen LogP contribution is 2.40. The fraction of sp³-hybridized carbons (Fsp3) is 0.286. The summed E-state index contributed by atoms with van der Waals surface area (Å²) in [4.78, 5) is 10.2. The number of rotatable bonds is 3. The number of hydrogen-bond acceptors (Lipinski definition) is 4. The molecule has 3 nitrogen and oxygen atoms in total. The van der Waals surface area contributed by atoms with Crippen LogP contribution < -0.4 is 5.73 Å². The molecule has 1 saturated carbocycles. The second-order valence-electron chi connectivity index (χ2n) is 4.73. The number of nitrogen functional groups attached to an aromatic ring is 1. The second kappa shape index (κ2) is 5.13. The summed E-state index contributed by atoms with van der Waals surface area (Å²) < 4.78 is 1.07. The van der Waals surface area contributed by atoms with Gasteiger partial charge in [-0.15, -0.1) is 0 Å². The van der Waals surface area contributed by atoms with Crippen LogP contribution in [0, 0.1) is 6.92 Å². The fourth-order valence-corrected chi connectivity index (χ4v) is 3.30. The number of halogens is 1. The summed E-state index contributed by atoms with van der Waals surface area (Å²) in [5, 5.41) is 0.965. The first kappa shape index (κ1) is 12.9. The van der Waals surface area contributed by atoms with Crippen molar-refractivity contribution >= 4 is 33.5 Å². The van der Waals surface area contributed by atoms with Crippen LogP contribution >= 0.6 is 27.7 Å². The molecule has 19 heavy (non-hydrogen) atoms. The number of anilines is 1. The van der Waals surface area contributed by atoms with Crippen LogP contribution in [0.15, 0.2) is 38.7 Å². The van der Waals surface area contributed by atoms with Crippen molar-refractivity contribution in [3.05, 3.63) is 40.1 Å². The van der Waals surface area contributed by atoms with Gasteiger partial charge in [-0.3, -0.25) is 0 Å². The topological polar surface area (TPSA) is 51.8 Å². The quantitative estimate of drug-likeness (QED) is 0.855. The minimum Gasteiger partial charge on any atom is -0.383 e. The molecule has 5 heteroatoms. The van der Waals surface area contributed by atoms with E-state index in [0.29, 0.717) is 11.7 Å². The van der Waals surface area contributed by atoms with Crippen LogP contribution in [0.4, 0.5) is 5.82 Å². The third-order valence-electron chi connectivity index (χ3n) is 3.11. The van der Waals surface area contributed by atoms with Crippen molar-refractivity contribution in [2.45, 2.75) is 35.6 Å². The normalized spacial score (nSPS) is 14.6. The van der Waals surface area contributed by atoms with Gasteiger partial charge in [0.25, 0.3) is 0 Å². The van der Waals surface area contributed by atoms with Gasteiger partial charge in [-0.05, 0) is 38.0 Å². The predicted molar refractivity (Wildman–Crippen MR) is 81.4 cm³/mol. The van der Waals surface area contributed by atoms with Gasteiger partial charge in [0.15, 0.2) is 0 Å². The zero-order valence-electron chi connectivity index (χ0n) is 10.6. The minimum atomic E-state index is 0.518. The van der Waals surface area contributed by atoms with E-state index in [1.807, 2.05) is 19.1 Å². The second-order valence-corrected chi connectivity index (χ2v) is 6.71. The predicted octanol–water partition coefficient (Wildman–Crippen LogP) is 4.16. The lowest BCUT2D eigenvalue weighted by Crippen LogP contribution is -2.03. The third-order valence-corrected chi connectivity index (χ3v) is 4.68. The van der Waals surface area contributed by atoms with E-state index in [1.165, 1.54) is 12.8 Å². The van der Waals surface area contributed by atoms with Gasteiger partial charge >= 0.3 is 0 Å². The Bertz CT molecular complexity index is 626. The van der Waals surface area contributed by atoms with Gasteiger partial charge in [-0.1, -0.05) is 33.8 Å². The van der Waals surface area contributed by atoms with Crippen molar-refractivity contribution in [1.29, 1.82) is 0 Å². The molecule has 1 heterocycles. The summed E-state index contributed by atoms with van der Waals surface area (Å²) in [5.41, 5.74) is 6.96. The number of aromatic nitrogens is 2. The lowest BCUT2D eigenvalue weighted by molar-refractivity contribution is 0.868. The van der Waals surface area contributed by atoms with Crippen LogP contribution in [0.1, 0.15) is 30.1 Å². The van der Waals surface area contributed by atoms with Crippen LogP contribution in [0.5, 0.6) is 0 Å². The maximum Gasteiger partial charge on any atom is 0.135 e. The molecule has 98 valence electrons. The van der Waals surface area contributed by atoms with Crippen molar-refractivity contribution < 1.29 is 0 Å². The molecule has 0 unspecified atom stereocenters. The lowest BCUT2D eigenvalue weighted by Gasteiger charge is -2.09. The van der Waals surface area contributed by atoms with Crippen molar-refractivity contribution in [3.63, 3.8) is 0 Å². The molecule has 1 fully saturated rings. The van der Waals surface area contributed by atoms with E-state index >= 15 is 0 Å². The Morgan fingerprint density at radius 1 is 1.32 bits per heavy atom. The maximum absolute atomic E-state index is 6.00. The zero-order chi connectivity index (χ0) is 13.4. The zero-order valence-corrected chi connectivity index (χ0v) is 13.0. The summed E-state index contributed by atoms with van der Waals surface area (Å²) in [7, 11) is 0. The molecule has 0 amide bonds. The molecule has 0 atom stereocenters. The number of nitrogens with zero attached hydrogens (tertiary/aromatic N) is 2. The first-order valence-corrected chi connectivity index (χ1v) is 7.82. The number of hydrogen-bond donors (Lipinski definition) is 1. The smallest absolute Gasteiger partial charge is 0.135 e. The van der Waals surface area contributed by atoms with Crippen molar-refractivity contribution in [3.8, 4) is 0 Å². The molecule has 1 aromatic heterocycles. The molecule has 0 spiro atoms. The van der Waals surface area contributed by atoms with E-state index in [9.17, 15) is 0 Å². The molecule has 2 N–H and O–H groups in total. The van der Waals surface area contributed by atoms with Crippen LogP contribution in [-0.2, 0) is 0 Å². The molecule has 1 aliphatic carbocycles. The summed E-state index contributed by atoms with van der Waals surface area (Å²) in [5.74, 6) is 2.03. The molecule has 1 aliphatic rings. The number of nitrogens with two attached hydrogens (primary N) is 1. The Morgan fingerprint density at radius 2 is 2.11 bits per heavy atom. The van der Waals surface area contributed by atoms with Gasteiger partial charge in [-0.2, -0.15) is 0 Å². The Hall–Kier alpha value is -1.07. The highest BCUT2D eigenvalue weighted by molar-refractivity contribution is 9.10. The highest BCUT2D eigenvalue weighted by atomic mass is 79.9. The fourth-order valence-electron chi connectivity index (χ4n) is 1.80. The summed E-state index contributed by atoms with van der Waals surface area (Å²) in [6.07, 6.45) is 2.37. The van der Waals surface area contributed by atoms with Crippen molar-refractivity contribution in [2.24, 2.45) is 0 Å².